The Labute approximate surface area is 129 Å². The van der Waals surface area contributed by atoms with E-state index in [2.05, 4.69) is 4.99 Å². The highest BCUT2D eigenvalue weighted by molar-refractivity contribution is 8.31. The molecule has 1 aromatic carbocycles. The van der Waals surface area contributed by atoms with Crippen LogP contribution < -0.4 is 4.52 Å². The van der Waals surface area contributed by atoms with Gasteiger partial charge in [-0.15, -0.1) is 0 Å². The van der Waals surface area contributed by atoms with Crippen molar-refractivity contribution < 1.29 is 14.1 Å². The summed E-state index contributed by atoms with van der Waals surface area (Å²) in [6.45, 7) is 5.17. The van der Waals surface area contributed by atoms with E-state index in [0.29, 0.717) is 5.75 Å². The molecule has 0 aliphatic rings. The van der Waals surface area contributed by atoms with E-state index in [9.17, 15) is 4.79 Å². The fourth-order valence-electron chi connectivity index (χ4n) is 1.22. The number of hydrogen-bond acceptors (Lipinski definition) is 5. The Hall–Kier alpha value is -0.900. The largest absolute Gasteiger partial charge is 0.461 e. The first-order valence-corrected chi connectivity index (χ1v) is 9.78. The fourth-order valence-corrected chi connectivity index (χ4v) is 2.85. The summed E-state index contributed by atoms with van der Waals surface area (Å²) in [4.78, 5) is 15.6. The number of carbonyl (C=O) groups excluding carboxylic acids is 1. The van der Waals surface area contributed by atoms with Crippen molar-refractivity contribution in [2.45, 2.75) is 32.9 Å². The van der Waals surface area contributed by atoms with Gasteiger partial charge in [-0.1, -0.05) is 18.2 Å². The first-order valence-electron chi connectivity index (χ1n) is 6.09. The van der Waals surface area contributed by atoms with E-state index < -0.39 is 17.6 Å². The van der Waals surface area contributed by atoms with Crippen molar-refractivity contribution in [3.05, 3.63) is 30.3 Å². The molecule has 0 aromatic heterocycles. The van der Waals surface area contributed by atoms with Gasteiger partial charge in [-0.2, -0.15) is 0 Å². The molecule has 110 valence electrons. The van der Waals surface area contributed by atoms with Crippen molar-refractivity contribution >= 4 is 40.6 Å². The van der Waals surface area contributed by atoms with Crippen molar-refractivity contribution in [1.29, 1.82) is 0 Å². The van der Waals surface area contributed by atoms with Gasteiger partial charge in [-0.25, -0.2) is 4.79 Å². The van der Waals surface area contributed by atoms with E-state index >= 15 is 0 Å². The van der Waals surface area contributed by atoms with Gasteiger partial charge in [0.15, 0.2) is 0 Å². The summed E-state index contributed by atoms with van der Waals surface area (Å²) in [7, 11) is 0. The van der Waals surface area contributed by atoms with Gasteiger partial charge in [0, 0.05) is 0 Å². The third kappa shape index (κ3) is 6.51. The van der Waals surface area contributed by atoms with Gasteiger partial charge >= 0.3 is 5.97 Å². The molecule has 0 saturated heterocycles. The monoisotopic (exact) mass is 333 g/mol. The Morgan fingerprint density at radius 2 is 1.95 bits per heavy atom. The van der Waals surface area contributed by atoms with E-state index in [1.165, 1.54) is 5.96 Å². The average molecular weight is 334 g/mol. The van der Waals surface area contributed by atoms with Crippen LogP contribution in [0.1, 0.15) is 20.8 Å². The van der Waals surface area contributed by atoms with Crippen LogP contribution in [0.25, 0.3) is 0 Å². The molecule has 7 heteroatoms. The summed E-state index contributed by atoms with van der Waals surface area (Å²) in [6.07, 6.45) is -0.181. The standard InChI is InChI=1S/C13H17ClNO3PS/c1-10(2)17-13(16)11(3)15-9-19(14,20)18-12-7-5-4-6-8-12/h4-11H,1-3H3/t11-,19?/m1/s1. The Morgan fingerprint density at radius 1 is 1.35 bits per heavy atom. The molecule has 0 N–H and O–H groups in total. The van der Waals surface area contributed by atoms with Crippen LogP contribution in [0.2, 0.25) is 0 Å². The molecule has 0 heterocycles. The zero-order valence-corrected chi connectivity index (χ0v) is 14.0. The molecule has 0 aliphatic carbocycles. The summed E-state index contributed by atoms with van der Waals surface area (Å²) in [6, 6.07) is 8.37. The van der Waals surface area contributed by atoms with Crippen LogP contribution in [0.4, 0.5) is 0 Å². The second-order valence-electron chi connectivity index (χ2n) is 4.35. The molecular formula is C13H17ClNO3PS. The first-order chi connectivity index (χ1) is 9.30. The number of ether oxygens (including phenoxy) is 1. The van der Waals surface area contributed by atoms with Crippen LogP contribution in [-0.4, -0.2) is 24.1 Å². The molecule has 0 spiro atoms. The van der Waals surface area contributed by atoms with Crippen LogP contribution >= 0.6 is 16.9 Å². The first kappa shape index (κ1) is 17.2. The average Bonchev–Trinajstić information content (AvgIpc) is 2.36. The lowest BCUT2D eigenvalue weighted by atomic mass is 10.3. The van der Waals surface area contributed by atoms with Gasteiger partial charge in [-0.05, 0) is 56.0 Å². The highest BCUT2D eigenvalue weighted by Gasteiger charge is 2.17. The topological polar surface area (TPSA) is 47.9 Å². The molecule has 2 atom stereocenters. The molecule has 0 radical (unpaired) electrons. The maximum absolute atomic E-state index is 11.6. The van der Waals surface area contributed by atoms with E-state index in [-0.39, 0.29) is 6.10 Å². The number of para-hydroxylation sites is 1. The van der Waals surface area contributed by atoms with Crippen molar-refractivity contribution in [1.82, 2.24) is 0 Å². The van der Waals surface area contributed by atoms with Gasteiger partial charge in [-0.3, -0.25) is 4.99 Å². The summed E-state index contributed by atoms with van der Waals surface area (Å²) in [5, 5.41) is 0. The Kier molecular flexibility index (Phi) is 6.66. The van der Waals surface area contributed by atoms with Crippen molar-refractivity contribution in [3.8, 4) is 5.75 Å². The van der Waals surface area contributed by atoms with Crippen LogP contribution in [-0.2, 0) is 21.3 Å². The second-order valence-corrected chi connectivity index (χ2v) is 9.54. The van der Waals surface area contributed by atoms with Crippen molar-refractivity contribution in [2.75, 3.05) is 0 Å². The lowest BCUT2D eigenvalue weighted by molar-refractivity contribution is -0.148. The summed E-state index contributed by atoms with van der Waals surface area (Å²) < 4.78 is 10.5. The molecule has 1 unspecified atom stereocenters. The highest BCUT2D eigenvalue weighted by atomic mass is 35.7. The van der Waals surface area contributed by atoms with Gasteiger partial charge in [0.2, 0.25) is 5.62 Å². The molecule has 0 saturated carbocycles. The maximum Gasteiger partial charge on any atom is 0.330 e. The predicted octanol–water partition coefficient (Wildman–Crippen LogP) is 3.98. The molecule has 1 aromatic rings. The number of hydrogen-bond donors (Lipinski definition) is 0. The van der Waals surface area contributed by atoms with Crippen molar-refractivity contribution in [2.24, 2.45) is 4.99 Å². The minimum Gasteiger partial charge on any atom is -0.461 e. The number of carbonyl (C=O) groups is 1. The number of aliphatic imine (C=N–C) groups is 1. The zero-order valence-electron chi connectivity index (χ0n) is 11.5. The Balaban J connectivity index is 2.63. The van der Waals surface area contributed by atoms with Gasteiger partial charge in [0.1, 0.15) is 11.8 Å². The molecular weight excluding hydrogens is 317 g/mol. The van der Waals surface area contributed by atoms with Crippen molar-refractivity contribution in [3.63, 3.8) is 0 Å². The lowest BCUT2D eigenvalue weighted by Gasteiger charge is -2.13. The minimum absolute atomic E-state index is 0.181. The number of nitrogens with zero attached hydrogens (tertiary/aromatic N) is 1. The number of esters is 1. The Morgan fingerprint density at radius 3 is 2.50 bits per heavy atom. The molecule has 0 aliphatic heterocycles. The van der Waals surface area contributed by atoms with E-state index in [4.69, 9.17) is 32.3 Å². The number of halogens is 1. The Bertz CT molecular complexity index is 522. The van der Waals surface area contributed by atoms with Crippen LogP contribution in [0.5, 0.6) is 5.75 Å². The normalized spacial score (nSPS) is 15.8. The molecule has 0 amide bonds. The molecule has 0 fully saturated rings. The fraction of sp³-hybridized carbons (Fsp3) is 0.385. The van der Waals surface area contributed by atoms with Crippen LogP contribution in [0.3, 0.4) is 0 Å². The zero-order chi connectivity index (χ0) is 15.2. The number of benzene rings is 1. The molecule has 4 nitrogen and oxygen atoms in total. The van der Waals surface area contributed by atoms with Gasteiger partial charge < -0.3 is 9.26 Å². The minimum atomic E-state index is -2.74. The van der Waals surface area contributed by atoms with E-state index in [0.717, 1.165) is 0 Å². The second kappa shape index (κ2) is 7.77. The number of rotatable bonds is 6. The lowest BCUT2D eigenvalue weighted by Crippen LogP contribution is -2.21. The van der Waals surface area contributed by atoms with E-state index in [1.54, 1.807) is 32.9 Å². The molecule has 0 bridgehead atoms. The summed E-state index contributed by atoms with van der Waals surface area (Å²) >= 11 is 11.3. The third-order valence-corrected chi connectivity index (χ3v) is 3.94. The quantitative estimate of drug-likeness (QED) is 0.449. The van der Waals surface area contributed by atoms with Crippen LogP contribution in [0, 0.1) is 0 Å². The summed E-state index contributed by atoms with van der Waals surface area (Å²) in [5.41, 5.74) is -2.74. The maximum atomic E-state index is 11.6. The third-order valence-electron chi connectivity index (χ3n) is 2.09. The highest BCUT2D eigenvalue weighted by Crippen LogP contribution is 2.50. The predicted molar refractivity (Wildman–Crippen MR) is 86.4 cm³/mol. The smallest absolute Gasteiger partial charge is 0.330 e. The van der Waals surface area contributed by atoms with Gasteiger partial charge in [0.25, 0.3) is 0 Å². The van der Waals surface area contributed by atoms with E-state index in [1.807, 2.05) is 18.2 Å². The molecule has 1 rings (SSSR count). The van der Waals surface area contributed by atoms with Crippen LogP contribution in [0.15, 0.2) is 35.3 Å². The summed E-state index contributed by atoms with van der Waals surface area (Å²) in [5.74, 6) is 1.50. The SMILES string of the molecule is CC(C)OC(=O)[C@@H](C)N=CP(=S)(Cl)Oc1ccccc1. The molecule has 20 heavy (non-hydrogen) atoms. The van der Waals surface area contributed by atoms with Gasteiger partial charge in [0.05, 0.1) is 12.1 Å².